The number of benzene rings is 1. The lowest BCUT2D eigenvalue weighted by Gasteiger charge is -2.47. The minimum Gasteiger partial charge on any atom is -0.339 e. The van der Waals surface area contributed by atoms with Crippen LogP contribution in [0, 0.1) is 0 Å². The molecule has 1 heterocycles. The van der Waals surface area contributed by atoms with Crippen LogP contribution in [0.1, 0.15) is 77.7 Å². The Bertz CT molecular complexity index is 814. The molecule has 4 N–H and O–H groups in total. The summed E-state index contributed by atoms with van der Waals surface area (Å²) in [6.45, 7) is 7.11. The lowest BCUT2D eigenvalue weighted by molar-refractivity contribution is -0.0513. The van der Waals surface area contributed by atoms with E-state index in [0.29, 0.717) is 19.0 Å². The predicted octanol–water partition coefficient (Wildman–Crippen LogP) is 3.38. The molecule has 0 radical (unpaired) electrons. The fourth-order valence-electron chi connectivity index (χ4n) is 3.72. The van der Waals surface area contributed by atoms with Crippen molar-refractivity contribution < 1.29 is 12.6 Å². The number of unbranched alkanes of at least 4 members (excludes halogenated alkanes) is 7. The highest BCUT2D eigenvalue weighted by Crippen LogP contribution is 2.16. The largest absolute Gasteiger partial charge is 0.339 e. The van der Waals surface area contributed by atoms with Gasteiger partial charge in [0.25, 0.3) is 16.1 Å². The lowest BCUT2D eigenvalue weighted by atomic mass is 10.1. The van der Waals surface area contributed by atoms with E-state index in [0.717, 1.165) is 24.7 Å². The Morgan fingerprint density at radius 2 is 1.59 bits per heavy atom. The first kappa shape index (κ1) is 26.6. The molecule has 0 spiro atoms. The zero-order valence-corrected chi connectivity index (χ0v) is 20.9. The Morgan fingerprint density at radius 3 is 2.22 bits per heavy atom. The standard InChI is InChI=1S/C23H41N5O3S/c1-5-6-7-8-9-10-11-15-18-24-21-26-22(2,3)28-23(27-21,31-32(4,29)30)25-19-20-16-13-12-14-17-20/h12-14,16-17,25,28H,5-11,15,18-19H2,1-4H3,(H2,24,26,27). The van der Waals surface area contributed by atoms with Gasteiger partial charge in [0.1, 0.15) is 0 Å². The van der Waals surface area contributed by atoms with Crippen LogP contribution in [-0.4, -0.2) is 38.8 Å². The van der Waals surface area contributed by atoms with Crippen molar-refractivity contribution in [2.45, 2.75) is 90.3 Å². The first-order valence-corrected chi connectivity index (χ1v) is 13.5. The van der Waals surface area contributed by atoms with Gasteiger partial charge in [0.05, 0.1) is 11.9 Å². The Kier molecular flexibility index (Phi) is 10.4. The van der Waals surface area contributed by atoms with E-state index in [1.807, 2.05) is 44.2 Å². The Hall–Kier alpha value is -1.68. The second kappa shape index (κ2) is 12.5. The normalized spacial score (nSPS) is 21.8. The number of nitrogens with zero attached hydrogens (tertiary/aromatic N) is 1. The van der Waals surface area contributed by atoms with Crippen LogP contribution in [0.5, 0.6) is 0 Å². The minimum atomic E-state index is -3.77. The average molecular weight is 468 g/mol. The zero-order chi connectivity index (χ0) is 23.5. The highest BCUT2D eigenvalue weighted by molar-refractivity contribution is 7.86. The molecule has 1 aromatic carbocycles. The van der Waals surface area contributed by atoms with Crippen LogP contribution in [0.3, 0.4) is 0 Å². The molecule has 32 heavy (non-hydrogen) atoms. The first-order chi connectivity index (χ1) is 15.1. The summed E-state index contributed by atoms with van der Waals surface area (Å²) in [7, 11) is -3.77. The maximum absolute atomic E-state index is 12.1. The number of rotatable bonds is 14. The Balaban J connectivity index is 1.99. The van der Waals surface area contributed by atoms with Gasteiger partial charge in [-0.2, -0.15) is 8.42 Å². The minimum absolute atomic E-state index is 0.401. The fraction of sp³-hybridized carbons (Fsp3) is 0.696. The lowest BCUT2D eigenvalue weighted by Crippen LogP contribution is -2.82. The molecule has 0 saturated carbocycles. The monoisotopic (exact) mass is 467 g/mol. The van der Waals surface area contributed by atoms with Gasteiger partial charge in [-0.25, -0.2) is 9.50 Å². The summed E-state index contributed by atoms with van der Waals surface area (Å²) in [6, 6.07) is 9.73. The summed E-state index contributed by atoms with van der Waals surface area (Å²) in [5, 5.41) is 12.7. The van der Waals surface area contributed by atoms with Crippen LogP contribution in [0.25, 0.3) is 0 Å². The van der Waals surface area contributed by atoms with E-state index in [1.54, 1.807) is 0 Å². The average Bonchev–Trinajstić information content (AvgIpc) is 2.69. The molecule has 1 fully saturated rings. The molecule has 1 aliphatic rings. The molecular weight excluding hydrogens is 426 g/mol. The third kappa shape index (κ3) is 10.3. The summed E-state index contributed by atoms with van der Waals surface area (Å²) in [5.74, 6) is -1.02. The summed E-state index contributed by atoms with van der Waals surface area (Å²) in [5.41, 5.74) is 0.346. The van der Waals surface area contributed by atoms with Gasteiger partial charge in [-0.05, 0) is 25.8 Å². The maximum Gasteiger partial charge on any atom is 0.277 e. The van der Waals surface area contributed by atoms with E-state index in [2.05, 4.69) is 33.2 Å². The zero-order valence-electron chi connectivity index (χ0n) is 20.0. The van der Waals surface area contributed by atoms with E-state index >= 15 is 0 Å². The summed E-state index contributed by atoms with van der Waals surface area (Å²) >= 11 is 0. The van der Waals surface area contributed by atoms with E-state index in [9.17, 15) is 8.42 Å². The molecule has 1 saturated heterocycles. The molecule has 1 aliphatic heterocycles. The van der Waals surface area contributed by atoms with Gasteiger partial charge < -0.3 is 10.6 Å². The molecule has 182 valence electrons. The van der Waals surface area contributed by atoms with Gasteiger partial charge >= 0.3 is 0 Å². The van der Waals surface area contributed by atoms with Crippen LogP contribution >= 0.6 is 0 Å². The molecule has 0 aliphatic carbocycles. The third-order valence-electron chi connectivity index (χ3n) is 5.16. The second-order valence-electron chi connectivity index (χ2n) is 9.01. The van der Waals surface area contributed by atoms with Gasteiger partial charge in [0.15, 0.2) is 5.96 Å². The van der Waals surface area contributed by atoms with Crippen molar-refractivity contribution in [2.24, 2.45) is 4.99 Å². The number of nitrogens with one attached hydrogen (secondary N) is 4. The quantitative estimate of drug-likeness (QED) is 0.189. The van der Waals surface area contributed by atoms with Crippen molar-refractivity contribution in [2.75, 3.05) is 12.8 Å². The summed E-state index contributed by atoms with van der Waals surface area (Å²) in [4.78, 5) is 4.65. The van der Waals surface area contributed by atoms with Gasteiger partial charge in [-0.15, -0.1) is 0 Å². The van der Waals surface area contributed by atoms with Crippen LogP contribution in [0.2, 0.25) is 0 Å². The fourth-order valence-corrected chi connectivity index (χ4v) is 4.32. The Labute approximate surface area is 194 Å². The Morgan fingerprint density at radius 1 is 0.969 bits per heavy atom. The van der Waals surface area contributed by atoms with E-state index in [1.165, 1.54) is 38.5 Å². The van der Waals surface area contributed by atoms with Crippen molar-refractivity contribution in [3.63, 3.8) is 0 Å². The number of guanidine groups is 1. The van der Waals surface area contributed by atoms with E-state index in [4.69, 9.17) is 4.18 Å². The molecule has 0 aromatic heterocycles. The van der Waals surface area contributed by atoms with Gasteiger partial charge in [-0.3, -0.25) is 10.3 Å². The highest BCUT2D eigenvalue weighted by atomic mass is 32.2. The first-order valence-electron chi connectivity index (χ1n) is 11.7. The van der Waals surface area contributed by atoms with Gasteiger partial charge in [0, 0.05) is 13.1 Å². The maximum atomic E-state index is 12.1. The second-order valence-corrected chi connectivity index (χ2v) is 10.6. The van der Waals surface area contributed by atoms with Crippen LogP contribution in [0.15, 0.2) is 35.3 Å². The molecule has 9 heteroatoms. The van der Waals surface area contributed by atoms with Crippen molar-refractivity contribution in [1.29, 1.82) is 0 Å². The van der Waals surface area contributed by atoms with Crippen molar-refractivity contribution in [1.82, 2.24) is 21.3 Å². The SMILES string of the molecule is CCCCCCCCCCN=C1NC(C)(C)NC(NCc2ccccc2)(OS(C)(=O)=O)N1. The molecule has 0 amide bonds. The highest BCUT2D eigenvalue weighted by Gasteiger charge is 2.45. The van der Waals surface area contributed by atoms with E-state index in [-0.39, 0.29) is 0 Å². The molecule has 1 atom stereocenters. The molecule has 1 aromatic rings. The van der Waals surface area contributed by atoms with Crippen LogP contribution in [0.4, 0.5) is 0 Å². The van der Waals surface area contributed by atoms with Crippen molar-refractivity contribution >= 4 is 16.1 Å². The molecule has 8 nitrogen and oxygen atoms in total. The van der Waals surface area contributed by atoms with Gasteiger partial charge in [0.2, 0.25) is 0 Å². The summed E-state index contributed by atoms with van der Waals surface area (Å²) < 4.78 is 29.6. The van der Waals surface area contributed by atoms with E-state index < -0.39 is 21.8 Å². The molecule has 0 bridgehead atoms. The van der Waals surface area contributed by atoms with Crippen LogP contribution in [-0.2, 0) is 20.8 Å². The van der Waals surface area contributed by atoms with Gasteiger partial charge in [-0.1, -0.05) is 82.2 Å². The number of aliphatic imine (C=N–C) groups is 1. The topological polar surface area (TPSA) is 104 Å². The molecule has 1 unspecified atom stereocenters. The molecule has 2 rings (SSSR count). The number of hydrogen-bond acceptors (Lipinski definition) is 6. The van der Waals surface area contributed by atoms with Crippen LogP contribution < -0.4 is 21.3 Å². The van der Waals surface area contributed by atoms with Crippen molar-refractivity contribution in [3.8, 4) is 0 Å². The summed E-state index contributed by atoms with van der Waals surface area (Å²) in [6.07, 6.45) is 10.9. The third-order valence-corrected chi connectivity index (χ3v) is 5.71. The smallest absolute Gasteiger partial charge is 0.277 e. The molecular formula is C23H41N5O3S. The number of hydrogen-bond donors (Lipinski definition) is 4. The van der Waals surface area contributed by atoms with Crippen molar-refractivity contribution in [3.05, 3.63) is 35.9 Å². The predicted molar refractivity (Wildman–Crippen MR) is 130 cm³/mol.